The molecule has 2 radical (unpaired) electrons. The Labute approximate surface area is 325 Å². The molecular formula is C51H31NOSSi. The van der Waals surface area contributed by atoms with Crippen LogP contribution in [-0.2, 0) is 5.41 Å². The summed E-state index contributed by atoms with van der Waals surface area (Å²) in [4.78, 5) is 2.55. The van der Waals surface area contributed by atoms with Gasteiger partial charge in [0, 0.05) is 38.0 Å². The summed E-state index contributed by atoms with van der Waals surface area (Å²) in [6.07, 6.45) is 0. The first-order valence-corrected chi connectivity index (χ1v) is 20.6. The van der Waals surface area contributed by atoms with Gasteiger partial charge in [-0.05, 0) is 80.3 Å². The van der Waals surface area contributed by atoms with Gasteiger partial charge in [0.05, 0.1) is 15.8 Å². The molecule has 0 amide bonds. The minimum absolute atomic E-state index is 0.455. The van der Waals surface area contributed by atoms with E-state index in [2.05, 4.69) is 193 Å². The van der Waals surface area contributed by atoms with Crippen LogP contribution in [0.25, 0.3) is 41.7 Å². The molecule has 12 rings (SSSR count). The molecule has 0 N–H and O–H groups in total. The molecule has 1 aromatic heterocycles. The second-order valence-electron chi connectivity index (χ2n) is 14.5. The molecule has 0 aliphatic carbocycles. The summed E-state index contributed by atoms with van der Waals surface area (Å²) < 4.78 is 9.28. The zero-order chi connectivity index (χ0) is 36.1. The first-order chi connectivity index (χ1) is 27.3. The fourth-order valence-corrected chi connectivity index (χ4v) is 12.2. The summed E-state index contributed by atoms with van der Waals surface area (Å²) in [5.74, 6) is 1.82. The summed E-state index contributed by atoms with van der Waals surface area (Å²) in [6.45, 7) is 0. The van der Waals surface area contributed by atoms with E-state index in [1.807, 2.05) is 11.3 Å². The molecule has 4 heteroatoms. The minimum Gasteiger partial charge on any atom is -0.457 e. The number of fused-ring (bicyclic) bond motifs is 14. The Hall–Kier alpha value is -6.46. The second-order valence-corrected chi connectivity index (χ2v) is 16.8. The number of nitrogens with zero attached hydrogens (tertiary/aromatic N) is 1. The largest absolute Gasteiger partial charge is 0.457 e. The van der Waals surface area contributed by atoms with Crippen LogP contribution in [0.1, 0.15) is 22.3 Å². The Kier molecular flexibility index (Phi) is 6.62. The smallest absolute Gasteiger partial charge is 0.132 e. The van der Waals surface area contributed by atoms with E-state index < -0.39 is 5.41 Å². The predicted octanol–water partition coefficient (Wildman–Crippen LogP) is 12.3. The number of thiophene rings is 1. The molecule has 2 nitrogen and oxygen atoms in total. The minimum atomic E-state index is -0.559. The van der Waals surface area contributed by atoms with Crippen LogP contribution in [0.15, 0.2) is 188 Å². The SMILES string of the molecule is c1ccc2c(c1)Oc1ccccc1C21c2ccccc2[Si]c2c(N(c3ccc4c(ccc5ccccc54)c3)c3cccc4c3sc3ccccc34)cccc21. The number of para-hydroxylation sites is 2. The van der Waals surface area contributed by atoms with Crippen molar-refractivity contribution in [1.29, 1.82) is 0 Å². The Bertz CT molecular complexity index is 3140. The maximum atomic E-state index is 6.69. The van der Waals surface area contributed by atoms with Crippen molar-refractivity contribution in [1.82, 2.24) is 0 Å². The molecule has 2 aliphatic heterocycles. The molecule has 0 atom stereocenters. The quantitative estimate of drug-likeness (QED) is 0.132. The van der Waals surface area contributed by atoms with Crippen molar-refractivity contribution in [3.63, 3.8) is 0 Å². The van der Waals surface area contributed by atoms with Crippen molar-refractivity contribution in [2.45, 2.75) is 5.41 Å². The van der Waals surface area contributed by atoms with Gasteiger partial charge < -0.3 is 9.64 Å². The fraction of sp³-hybridized carbons (Fsp3) is 0.0196. The van der Waals surface area contributed by atoms with E-state index in [4.69, 9.17) is 4.74 Å². The van der Waals surface area contributed by atoms with Gasteiger partial charge in [-0.1, -0.05) is 151 Å². The topological polar surface area (TPSA) is 12.5 Å². The zero-order valence-corrected chi connectivity index (χ0v) is 31.5. The first-order valence-electron chi connectivity index (χ1n) is 18.8. The van der Waals surface area contributed by atoms with E-state index in [0.717, 1.165) is 17.2 Å². The van der Waals surface area contributed by atoms with Crippen LogP contribution < -0.4 is 20.0 Å². The van der Waals surface area contributed by atoms with Crippen LogP contribution in [0, 0.1) is 0 Å². The van der Waals surface area contributed by atoms with Gasteiger partial charge in [-0.25, -0.2) is 0 Å². The van der Waals surface area contributed by atoms with Crippen molar-refractivity contribution in [2.24, 2.45) is 0 Å². The average Bonchev–Trinajstić information content (AvgIpc) is 3.63. The molecule has 256 valence electrons. The highest BCUT2D eigenvalue weighted by Crippen LogP contribution is 2.56. The number of hydrogen-bond donors (Lipinski definition) is 0. The van der Waals surface area contributed by atoms with E-state index in [9.17, 15) is 0 Å². The van der Waals surface area contributed by atoms with Crippen LogP contribution in [0.5, 0.6) is 11.5 Å². The Morgan fingerprint density at radius 2 is 1.07 bits per heavy atom. The van der Waals surface area contributed by atoms with Crippen LogP contribution in [0.4, 0.5) is 17.1 Å². The molecule has 3 heterocycles. The summed E-state index contributed by atoms with van der Waals surface area (Å²) in [7, 11) is 0.455. The maximum absolute atomic E-state index is 6.69. The number of rotatable bonds is 3. The molecule has 0 saturated heterocycles. The highest BCUT2D eigenvalue weighted by atomic mass is 32.1. The predicted molar refractivity (Wildman–Crippen MR) is 232 cm³/mol. The molecule has 1 spiro atoms. The van der Waals surface area contributed by atoms with Crippen LogP contribution in [-0.4, -0.2) is 9.52 Å². The zero-order valence-electron chi connectivity index (χ0n) is 29.7. The molecule has 9 aromatic carbocycles. The van der Waals surface area contributed by atoms with Gasteiger partial charge in [0.2, 0.25) is 0 Å². The van der Waals surface area contributed by atoms with Crippen molar-refractivity contribution >= 4 is 90.0 Å². The molecule has 0 saturated carbocycles. The summed E-state index contributed by atoms with van der Waals surface area (Å²) in [5, 5.41) is 10.3. The number of benzene rings is 9. The third-order valence-electron chi connectivity index (χ3n) is 11.7. The van der Waals surface area contributed by atoms with Crippen molar-refractivity contribution < 1.29 is 4.74 Å². The lowest BCUT2D eigenvalue weighted by molar-refractivity contribution is 0.435. The van der Waals surface area contributed by atoms with E-state index in [1.54, 1.807) is 0 Å². The molecule has 0 bridgehead atoms. The third-order valence-corrected chi connectivity index (χ3v) is 14.4. The van der Waals surface area contributed by atoms with Gasteiger partial charge in [-0.15, -0.1) is 11.3 Å². The molecule has 10 aromatic rings. The molecule has 55 heavy (non-hydrogen) atoms. The number of hydrogen-bond acceptors (Lipinski definition) is 3. The van der Waals surface area contributed by atoms with Crippen LogP contribution in [0.3, 0.4) is 0 Å². The maximum Gasteiger partial charge on any atom is 0.132 e. The number of ether oxygens (including phenoxy) is 1. The molecule has 0 unspecified atom stereocenters. The van der Waals surface area contributed by atoms with E-state index in [0.29, 0.717) is 9.52 Å². The molecule has 0 fully saturated rings. The Morgan fingerprint density at radius 1 is 0.455 bits per heavy atom. The van der Waals surface area contributed by atoms with Gasteiger partial charge in [-0.2, -0.15) is 0 Å². The molecular weight excluding hydrogens is 703 g/mol. The summed E-state index contributed by atoms with van der Waals surface area (Å²) >= 11 is 1.88. The lowest BCUT2D eigenvalue weighted by Gasteiger charge is -2.46. The van der Waals surface area contributed by atoms with Gasteiger partial charge >= 0.3 is 0 Å². The van der Waals surface area contributed by atoms with Gasteiger partial charge in [-0.3, -0.25) is 0 Å². The number of anilines is 3. The van der Waals surface area contributed by atoms with Crippen molar-refractivity contribution in [3.8, 4) is 11.5 Å². The Balaban J connectivity index is 1.19. The lowest BCUT2D eigenvalue weighted by Crippen LogP contribution is -2.51. The second kappa shape index (κ2) is 11.8. The van der Waals surface area contributed by atoms with Gasteiger partial charge in [0.25, 0.3) is 0 Å². The van der Waals surface area contributed by atoms with E-state index in [1.165, 1.54) is 85.7 Å². The van der Waals surface area contributed by atoms with Crippen LogP contribution >= 0.6 is 11.3 Å². The van der Waals surface area contributed by atoms with Crippen molar-refractivity contribution in [3.05, 3.63) is 210 Å². The van der Waals surface area contributed by atoms with Crippen molar-refractivity contribution in [2.75, 3.05) is 4.90 Å². The van der Waals surface area contributed by atoms with Gasteiger partial charge in [0.15, 0.2) is 0 Å². The monoisotopic (exact) mass is 733 g/mol. The summed E-state index contributed by atoms with van der Waals surface area (Å²) in [6, 6.07) is 69.3. The summed E-state index contributed by atoms with van der Waals surface area (Å²) in [5.41, 5.74) is 7.98. The molecule has 2 aliphatic rings. The highest BCUT2D eigenvalue weighted by molar-refractivity contribution is 7.26. The lowest BCUT2D eigenvalue weighted by atomic mass is 9.63. The average molecular weight is 734 g/mol. The Morgan fingerprint density at radius 3 is 1.93 bits per heavy atom. The van der Waals surface area contributed by atoms with E-state index >= 15 is 0 Å². The standard InChI is InChI=1S/C51H31NOSSi/c1-2-14-35-32(13-1)27-28-33-31-34(29-30-36(33)35)52(43-21-11-16-38-37-15-3-9-25-47(37)54-49(38)43)44-22-12-20-42-50(44)55-48-26-10-6-19-41(48)51(42)39-17-4-7-23-45(39)53-46-24-8-5-18-40(46)51/h1-31H. The normalized spacial score (nSPS) is 13.7. The highest BCUT2D eigenvalue weighted by Gasteiger charge is 2.49. The van der Waals surface area contributed by atoms with E-state index in [-0.39, 0.29) is 0 Å². The van der Waals surface area contributed by atoms with Crippen LogP contribution in [0.2, 0.25) is 0 Å². The fourth-order valence-electron chi connectivity index (χ4n) is 9.40. The van der Waals surface area contributed by atoms with Gasteiger partial charge in [0.1, 0.15) is 21.0 Å². The third kappa shape index (κ3) is 4.35. The first kappa shape index (κ1) is 30.9.